The predicted molar refractivity (Wildman–Crippen MR) is 211 cm³/mol. The first-order valence-electron chi connectivity index (χ1n) is 19.3. The first-order valence-corrected chi connectivity index (χ1v) is 21.2. The summed E-state index contributed by atoms with van der Waals surface area (Å²) in [5.41, 5.74) is 2.05. The van der Waals surface area contributed by atoms with Gasteiger partial charge in [-0.15, -0.1) is 0 Å². The number of anilines is 1. The number of aryl methyl sites for hydroxylation is 1. The molecule has 7 rings (SSSR count). The van der Waals surface area contributed by atoms with E-state index in [0.717, 1.165) is 63.2 Å². The van der Waals surface area contributed by atoms with Crippen molar-refractivity contribution in [2.24, 2.45) is 17.8 Å². The molecule has 53 heavy (non-hydrogen) atoms. The van der Waals surface area contributed by atoms with E-state index >= 15 is 0 Å². The molecule has 2 N–H and O–H groups in total. The molecule has 2 bridgehead atoms. The molecule has 0 unspecified atom stereocenters. The topological polar surface area (TPSA) is 117 Å². The van der Waals surface area contributed by atoms with Gasteiger partial charge in [0.15, 0.2) is 6.29 Å². The molecule has 1 spiro atoms. The Morgan fingerprint density at radius 3 is 2.53 bits per heavy atom. The normalized spacial score (nSPS) is 32.1. The molecule has 6 atom stereocenters. The van der Waals surface area contributed by atoms with Crippen molar-refractivity contribution in [2.75, 3.05) is 57.9 Å². The first kappa shape index (κ1) is 39.7. The molecule has 0 radical (unpaired) electrons. The average Bonchev–Trinajstić information content (AvgIpc) is 3.29. The van der Waals surface area contributed by atoms with E-state index in [9.17, 15) is 18.0 Å². The molecule has 2 aliphatic carbocycles. The maximum absolute atomic E-state index is 13.4. The number of carbonyl (C=O) groups excluding carboxylic acids is 2. The second kappa shape index (κ2) is 16.4. The fourth-order valence-electron chi connectivity index (χ4n) is 8.88. The van der Waals surface area contributed by atoms with Crippen LogP contribution < -0.4 is 19.7 Å². The zero-order valence-electron chi connectivity index (χ0n) is 31.9. The van der Waals surface area contributed by atoms with Gasteiger partial charge in [-0.3, -0.25) is 14.5 Å². The number of aldehydes is 1. The van der Waals surface area contributed by atoms with Gasteiger partial charge in [-0.05, 0) is 119 Å². The maximum Gasteiger partial charge on any atom is 0.264 e. The molecule has 2 aromatic carbocycles. The van der Waals surface area contributed by atoms with Crippen LogP contribution in [-0.4, -0.2) is 95.4 Å². The Hall–Kier alpha value is -2.96. The molecule has 1 saturated heterocycles. The highest BCUT2D eigenvalue weighted by Crippen LogP contribution is 2.48. The quantitative estimate of drug-likeness (QED) is 0.297. The molecular formula is C41H57ClN4O6S. The summed E-state index contributed by atoms with van der Waals surface area (Å²) in [4.78, 5) is 30.9. The smallest absolute Gasteiger partial charge is 0.264 e. The number of piperazine rings is 1. The van der Waals surface area contributed by atoms with Gasteiger partial charge in [0.25, 0.3) is 5.91 Å². The van der Waals surface area contributed by atoms with Crippen LogP contribution in [0.4, 0.5) is 5.69 Å². The third-order valence-corrected chi connectivity index (χ3v) is 14.7. The monoisotopic (exact) mass is 768 g/mol. The molecule has 3 aliphatic heterocycles. The third kappa shape index (κ3) is 8.34. The minimum absolute atomic E-state index is 0.0434. The van der Waals surface area contributed by atoms with Gasteiger partial charge >= 0.3 is 0 Å². The number of rotatable bonds is 3. The second-order valence-corrected chi connectivity index (χ2v) is 18.6. The van der Waals surface area contributed by atoms with E-state index in [1.54, 1.807) is 32.2 Å². The number of hydrogen-bond donors (Lipinski definition) is 2. The lowest BCUT2D eigenvalue weighted by Gasteiger charge is -2.48. The van der Waals surface area contributed by atoms with Gasteiger partial charge in [-0.1, -0.05) is 30.7 Å². The van der Waals surface area contributed by atoms with Crippen LogP contribution in [-0.2, 0) is 31.4 Å². The highest BCUT2D eigenvalue weighted by molar-refractivity contribution is 7.90. The highest BCUT2D eigenvalue weighted by atomic mass is 35.5. The van der Waals surface area contributed by atoms with Gasteiger partial charge in [0, 0.05) is 74.3 Å². The van der Waals surface area contributed by atoms with Crippen LogP contribution in [0.1, 0.15) is 81.3 Å². The Balaban J connectivity index is 0.000000468. The molecular weight excluding hydrogens is 712 g/mol. The van der Waals surface area contributed by atoms with Gasteiger partial charge in [0.1, 0.15) is 11.4 Å². The number of allylic oxidation sites excluding steroid dienone is 1. The minimum atomic E-state index is -3.97. The summed E-state index contributed by atoms with van der Waals surface area (Å²) in [6, 6.07) is 12.0. The highest BCUT2D eigenvalue weighted by Gasteiger charge is 2.49. The number of benzene rings is 2. The average molecular weight is 769 g/mol. The predicted octanol–water partition coefficient (Wildman–Crippen LogP) is 5.77. The number of sulfonamides is 1. The van der Waals surface area contributed by atoms with Gasteiger partial charge < -0.3 is 19.7 Å². The maximum atomic E-state index is 13.4. The van der Waals surface area contributed by atoms with Crippen LogP contribution in [0.3, 0.4) is 0 Å². The minimum Gasteiger partial charge on any atom is -0.490 e. The molecule has 10 nitrogen and oxygen atoms in total. The Bertz CT molecular complexity index is 1780. The van der Waals surface area contributed by atoms with E-state index in [2.05, 4.69) is 45.8 Å². The van der Waals surface area contributed by atoms with Crippen molar-refractivity contribution in [3.63, 3.8) is 0 Å². The van der Waals surface area contributed by atoms with Gasteiger partial charge in [0.05, 0.1) is 17.5 Å². The molecule has 290 valence electrons. The van der Waals surface area contributed by atoms with Crippen LogP contribution in [0.2, 0.25) is 5.02 Å². The molecule has 0 aromatic heterocycles. The summed E-state index contributed by atoms with van der Waals surface area (Å²) in [6.07, 6.45) is 9.65. The number of halogens is 1. The van der Waals surface area contributed by atoms with E-state index < -0.39 is 26.8 Å². The fraction of sp³-hybridized carbons (Fsp3) is 0.610. The molecule has 1 saturated carbocycles. The van der Waals surface area contributed by atoms with E-state index in [1.165, 1.54) is 24.2 Å². The Morgan fingerprint density at radius 1 is 1.09 bits per heavy atom. The van der Waals surface area contributed by atoms with Crippen LogP contribution in [0.5, 0.6) is 5.75 Å². The van der Waals surface area contributed by atoms with Crippen molar-refractivity contribution in [3.8, 4) is 5.75 Å². The molecule has 2 fully saturated rings. The second-order valence-electron chi connectivity index (χ2n) is 16.1. The van der Waals surface area contributed by atoms with E-state index in [-0.39, 0.29) is 28.7 Å². The zero-order valence-corrected chi connectivity index (χ0v) is 33.5. The Labute approximate surface area is 321 Å². The SMILES string of the molecule is CC(C)N1CCNCC1.CO[C@@]1(C=O)/C=C/C[C@H](C)[C@@H](C)S(=O)(=O)NC(=O)c2ccc3c(c2)N(C[C@@H]2CC[C@H]21)C[C@@]1(CCCc2cc(Cl)ccc21)CO3. The fourth-order valence-corrected chi connectivity index (χ4v) is 10.4. The number of carbonyl (C=O) groups is 2. The number of nitrogens with one attached hydrogen (secondary N) is 2. The van der Waals surface area contributed by atoms with Crippen LogP contribution in [0.25, 0.3) is 0 Å². The van der Waals surface area contributed by atoms with Crippen molar-refractivity contribution >= 4 is 39.5 Å². The lowest BCUT2D eigenvalue weighted by molar-refractivity contribution is -0.135. The molecule has 12 heteroatoms. The van der Waals surface area contributed by atoms with E-state index in [1.807, 2.05) is 25.1 Å². The zero-order chi connectivity index (χ0) is 38.0. The summed E-state index contributed by atoms with van der Waals surface area (Å²) in [5, 5.41) is 3.20. The molecule has 5 aliphatic rings. The van der Waals surface area contributed by atoms with Crippen LogP contribution in [0.15, 0.2) is 48.6 Å². The number of ether oxygens (including phenoxy) is 2. The Kier molecular flexibility index (Phi) is 12.3. The van der Waals surface area contributed by atoms with Gasteiger partial charge in [-0.25, -0.2) is 13.1 Å². The van der Waals surface area contributed by atoms with Crippen LogP contribution >= 0.6 is 11.6 Å². The van der Waals surface area contributed by atoms with Crippen molar-refractivity contribution in [3.05, 3.63) is 70.3 Å². The number of amides is 1. The van der Waals surface area contributed by atoms with E-state index in [0.29, 0.717) is 36.9 Å². The van der Waals surface area contributed by atoms with E-state index in [4.69, 9.17) is 21.1 Å². The summed E-state index contributed by atoms with van der Waals surface area (Å²) < 4.78 is 41.3. The summed E-state index contributed by atoms with van der Waals surface area (Å²) in [6.45, 7) is 14.5. The summed E-state index contributed by atoms with van der Waals surface area (Å²) in [7, 11) is -2.41. The number of hydrogen-bond acceptors (Lipinski definition) is 9. The van der Waals surface area contributed by atoms with Gasteiger partial charge in [0.2, 0.25) is 10.0 Å². The number of nitrogens with zero attached hydrogens (tertiary/aromatic N) is 2. The lowest BCUT2D eigenvalue weighted by Crippen LogP contribution is -2.53. The lowest BCUT2D eigenvalue weighted by atomic mass is 9.64. The van der Waals surface area contributed by atoms with Crippen molar-refractivity contribution in [2.45, 2.75) is 88.5 Å². The first-order chi connectivity index (χ1) is 25.3. The third-order valence-electron chi connectivity index (χ3n) is 12.6. The summed E-state index contributed by atoms with van der Waals surface area (Å²) >= 11 is 6.40. The Morgan fingerprint density at radius 2 is 1.87 bits per heavy atom. The number of fused-ring (bicyclic) bond motifs is 4. The standard InChI is InChI=1S/C34H41ClN2O6S.C7H16N2/c1-22-6-4-15-34(20-38,42-3)29-11-8-26(29)18-37-19-33(14-5-7-24-16-27(35)10-12-28(24)33)21-43-31-13-9-25(17-30(31)37)32(39)36-44(40,41)23(22)2;1-7(2)9-5-3-8-4-6-9/h4,9-10,12-13,15-17,20,22-23,26,29H,5-8,11,14,18-19,21H2,1-3H3,(H,36,39);7-8H,3-6H2,1-2H3/b15-4+;/t22-,23+,26-,29+,33-,34+;/m0./s1. The van der Waals surface area contributed by atoms with Crippen molar-refractivity contribution in [1.82, 2.24) is 14.9 Å². The molecule has 2 aromatic rings. The largest absolute Gasteiger partial charge is 0.490 e. The molecule has 3 heterocycles. The summed E-state index contributed by atoms with van der Waals surface area (Å²) in [5.74, 6) is -0.203. The van der Waals surface area contributed by atoms with Crippen molar-refractivity contribution in [1.29, 1.82) is 0 Å². The van der Waals surface area contributed by atoms with Crippen LogP contribution in [0, 0.1) is 17.8 Å². The van der Waals surface area contributed by atoms with Crippen molar-refractivity contribution < 1.29 is 27.5 Å². The van der Waals surface area contributed by atoms with Gasteiger partial charge in [-0.2, -0.15) is 0 Å². The number of methoxy groups -OCH3 is 1. The molecule has 1 amide bonds.